The van der Waals surface area contributed by atoms with Crippen molar-refractivity contribution in [3.05, 3.63) is 0 Å². The highest BCUT2D eigenvalue weighted by Crippen LogP contribution is 2.05. The van der Waals surface area contributed by atoms with Crippen LogP contribution in [0.5, 0.6) is 0 Å². The molecule has 0 aromatic carbocycles. The van der Waals surface area contributed by atoms with E-state index in [1.165, 1.54) is 7.11 Å². The van der Waals surface area contributed by atoms with Gasteiger partial charge in [-0.25, -0.2) is 0 Å². The number of hydrogen-bond acceptors (Lipinski definition) is 2. The van der Waals surface area contributed by atoms with Crippen LogP contribution in [0.2, 0.25) is 0 Å². The first-order chi connectivity index (χ1) is 5.61. The van der Waals surface area contributed by atoms with E-state index in [0.717, 1.165) is 6.42 Å². The molecule has 3 heteroatoms. The highest BCUT2D eigenvalue weighted by Gasteiger charge is 2.12. The van der Waals surface area contributed by atoms with E-state index in [4.69, 9.17) is 4.74 Å². The summed E-state index contributed by atoms with van der Waals surface area (Å²) in [5, 5.41) is 2.87. The first-order valence-electron chi connectivity index (χ1n) is 4.40. The van der Waals surface area contributed by atoms with Gasteiger partial charge in [0.05, 0.1) is 0 Å². The average Bonchev–Trinajstić information content (AvgIpc) is 2.03. The normalized spacial score (nSPS) is 15.3. The molecular weight excluding hydrogens is 154 g/mol. The van der Waals surface area contributed by atoms with Crippen molar-refractivity contribution in [1.29, 1.82) is 0 Å². The van der Waals surface area contributed by atoms with Crippen molar-refractivity contribution in [3.8, 4) is 0 Å². The van der Waals surface area contributed by atoms with Crippen LogP contribution >= 0.6 is 0 Å². The number of ether oxygens (including phenoxy) is 1. The molecule has 3 nitrogen and oxygen atoms in total. The maximum Gasteiger partial charge on any atom is 0.246 e. The quantitative estimate of drug-likeness (QED) is 0.678. The Kier molecular flexibility index (Phi) is 5.72. The van der Waals surface area contributed by atoms with E-state index in [9.17, 15) is 4.79 Å². The van der Waals surface area contributed by atoms with Gasteiger partial charge in [-0.2, -0.15) is 0 Å². The van der Waals surface area contributed by atoms with E-state index in [-0.39, 0.29) is 18.6 Å². The standard InChI is InChI=1S/C9H19NO2/c1-5-7(2)8(3)10-9(11)6-12-4/h7-8H,5-6H2,1-4H3,(H,10,11). The second-order valence-corrected chi connectivity index (χ2v) is 3.17. The zero-order valence-corrected chi connectivity index (χ0v) is 8.39. The van der Waals surface area contributed by atoms with E-state index in [2.05, 4.69) is 19.2 Å². The minimum absolute atomic E-state index is 0.0368. The number of methoxy groups -OCH3 is 1. The third kappa shape index (κ3) is 4.34. The molecule has 0 fully saturated rings. The summed E-state index contributed by atoms with van der Waals surface area (Å²) in [6.07, 6.45) is 1.08. The number of carbonyl (C=O) groups is 1. The molecule has 0 aromatic rings. The van der Waals surface area contributed by atoms with Gasteiger partial charge in [-0.05, 0) is 12.8 Å². The van der Waals surface area contributed by atoms with Crippen LogP contribution in [0, 0.1) is 5.92 Å². The molecule has 0 saturated heterocycles. The minimum Gasteiger partial charge on any atom is -0.375 e. The lowest BCUT2D eigenvalue weighted by molar-refractivity contribution is -0.125. The van der Waals surface area contributed by atoms with Gasteiger partial charge in [0.15, 0.2) is 0 Å². The van der Waals surface area contributed by atoms with Crippen LogP contribution in [0.4, 0.5) is 0 Å². The maximum absolute atomic E-state index is 11.0. The van der Waals surface area contributed by atoms with Crippen molar-refractivity contribution >= 4 is 5.91 Å². The molecule has 0 radical (unpaired) electrons. The Morgan fingerprint density at radius 1 is 1.50 bits per heavy atom. The van der Waals surface area contributed by atoms with Gasteiger partial charge in [0.25, 0.3) is 0 Å². The summed E-state index contributed by atoms with van der Waals surface area (Å²) in [6.45, 7) is 6.41. The van der Waals surface area contributed by atoms with Crippen molar-refractivity contribution in [1.82, 2.24) is 5.32 Å². The fourth-order valence-corrected chi connectivity index (χ4v) is 0.923. The van der Waals surface area contributed by atoms with Crippen LogP contribution in [0.25, 0.3) is 0 Å². The number of carbonyl (C=O) groups excluding carboxylic acids is 1. The van der Waals surface area contributed by atoms with Crippen LogP contribution in [-0.2, 0) is 9.53 Å². The van der Waals surface area contributed by atoms with Crippen LogP contribution in [0.1, 0.15) is 27.2 Å². The molecule has 0 saturated carbocycles. The molecular formula is C9H19NO2. The van der Waals surface area contributed by atoms with Crippen molar-refractivity contribution in [2.24, 2.45) is 5.92 Å². The lowest BCUT2D eigenvalue weighted by Crippen LogP contribution is -2.38. The monoisotopic (exact) mass is 173 g/mol. The van der Waals surface area contributed by atoms with Gasteiger partial charge in [-0.1, -0.05) is 20.3 Å². The molecule has 1 amide bonds. The molecule has 0 aliphatic heterocycles. The highest BCUT2D eigenvalue weighted by molar-refractivity contribution is 5.77. The summed E-state index contributed by atoms with van der Waals surface area (Å²) in [5.41, 5.74) is 0. The Hall–Kier alpha value is -0.570. The third-order valence-electron chi connectivity index (χ3n) is 2.16. The zero-order chi connectivity index (χ0) is 9.56. The van der Waals surface area contributed by atoms with Crippen LogP contribution in [0.3, 0.4) is 0 Å². The summed E-state index contributed by atoms with van der Waals surface area (Å²) in [6, 6.07) is 0.234. The molecule has 0 spiro atoms. The molecule has 0 heterocycles. The molecule has 0 rings (SSSR count). The Balaban J connectivity index is 3.67. The Morgan fingerprint density at radius 2 is 2.08 bits per heavy atom. The average molecular weight is 173 g/mol. The van der Waals surface area contributed by atoms with E-state index >= 15 is 0 Å². The Bertz CT molecular complexity index is 136. The fraction of sp³-hybridized carbons (Fsp3) is 0.889. The highest BCUT2D eigenvalue weighted by atomic mass is 16.5. The predicted molar refractivity (Wildman–Crippen MR) is 48.9 cm³/mol. The van der Waals surface area contributed by atoms with Crippen molar-refractivity contribution in [2.45, 2.75) is 33.2 Å². The number of hydrogen-bond donors (Lipinski definition) is 1. The number of nitrogens with one attached hydrogen (secondary N) is 1. The first kappa shape index (κ1) is 11.4. The molecule has 0 aliphatic rings. The topological polar surface area (TPSA) is 38.3 Å². The van der Waals surface area contributed by atoms with Gasteiger partial charge in [-0.15, -0.1) is 0 Å². The van der Waals surface area contributed by atoms with E-state index < -0.39 is 0 Å². The first-order valence-corrected chi connectivity index (χ1v) is 4.40. The maximum atomic E-state index is 11.0. The summed E-state index contributed by atoms with van der Waals surface area (Å²) in [7, 11) is 1.52. The lowest BCUT2D eigenvalue weighted by atomic mass is 10.0. The fourth-order valence-electron chi connectivity index (χ4n) is 0.923. The van der Waals surface area contributed by atoms with Gasteiger partial charge in [0, 0.05) is 13.2 Å². The second kappa shape index (κ2) is 6.00. The Labute approximate surface area is 74.5 Å². The lowest BCUT2D eigenvalue weighted by Gasteiger charge is -2.19. The molecule has 72 valence electrons. The summed E-state index contributed by atoms with van der Waals surface area (Å²) < 4.78 is 4.71. The Morgan fingerprint density at radius 3 is 2.50 bits per heavy atom. The smallest absolute Gasteiger partial charge is 0.246 e. The van der Waals surface area contributed by atoms with Gasteiger partial charge in [0.2, 0.25) is 5.91 Å². The van der Waals surface area contributed by atoms with E-state index in [0.29, 0.717) is 5.92 Å². The van der Waals surface area contributed by atoms with E-state index in [1.807, 2.05) is 6.92 Å². The van der Waals surface area contributed by atoms with Crippen molar-refractivity contribution in [3.63, 3.8) is 0 Å². The summed E-state index contributed by atoms with van der Waals surface area (Å²) in [5.74, 6) is 0.483. The molecule has 1 N–H and O–H groups in total. The summed E-state index contributed by atoms with van der Waals surface area (Å²) >= 11 is 0. The molecule has 0 aliphatic carbocycles. The zero-order valence-electron chi connectivity index (χ0n) is 8.39. The van der Waals surface area contributed by atoms with Crippen LogP contribution in [-0.4, -0.2) is 25.7 Å². The largest absolute Gasteiger partial charge is 0.375 e. The SMILES string of the molecule is CCC(C)C(C)NC(=O)COC. The van der Waals surface area contributed by atoms with Gasteiger partial charge < -0.3 is 10.1 Å². The van der Waals surface area contributed by atoms with Crippen molar-refractivity contribution in [2.75, 3.05) is 13.7 Å². The molecule has 0 aromatic heterocycles. The van der Waals surface area contributed by atoms with Crippen molar-refractivity contribution < 1.29 is 9.53 Å². The number of rotatable bonds is 5. The van der Waals surface area contributed by atoms with Gasteiger partial charge in [-0.3, -0.25) is 4.79 Å². The second-order valence-electron chi connectivity index (χ2n) is 3.17. The molecule has 0 bridgehead atoms. The third-order valence-corrected chi connectivity index (χ3v) is 2.16. The minimum atomic E-state index is -0.0368. The number of amides is 1. The van der Waals surface area contributed by atoms with Crippen LogP contribution < -0.4 is 5.32 Å². The van der Waals surface area contributed by atoms with E-state index in [1.54, 1.807) is 0 Å². The molecule has 12 heavy (non-hydrogen) atoms. The summed E-state index contributed by atoms with van der Waals surface area (Å²) in [4.78, 5) is 11.0. The predicted octanol–water partition coefficient (Wildman–Crippen LogP) is 1.18. The van der Waals surface area contributed by atoms with Gasteiger partial charge >= 0.3 is 0 Å². The molecule has 2 unspecified atom stereocenters. The van der Waals surface area contributed by atoms with Gasteiger partial charge in [0.1, 0.15) is 6.61 Å². The van der Waals surface area contributed by atoms with Crippen LogP contribution in [0.15, 0.2) is 0 Å². The molecule has 2 atom stereocenters.